The first-order valence-electron chi connectivity index (χ1n) is 6.81. The van der Waals surface area contributed by atoms with Gasteiger partial charge in [-0.2, -0.15) is 0 Å². The lowest BCUT2D eigenvalue weighted by Crippen LogP contribution is -2.49. The van der Waals surface area contributed by atoms with E-state index in [4.69, 9.17) is 4.74 Å². The summed E-state index contributed by atoms with van der Waals surface area (Å²) >= 11 is 0. The quantitative estimate of drug-likeness (QED) is 0.610. The molecule has 0 spiro atoms. The van der Waals surface area contributed by atoms with Gasteiger partial charge in [-0.1, -0.05) is 30.3 Å². The number of carbonyl (C=O) groups is 1. The first-order chi connectivity index (χ1) is 9.32. The zero-order valence-corrected chi connectivity index (χ0v) is 12.9. The Morgan fingerprint density at radius 3 is 2.35 bits per heavy atom. The lowest BCUT2D eigenvalue weighted by Gasteiger charge is -2.29. The van der Waals surface area contributed by atoms with Crippen LogP contribution < -0.4 is 0 Å². The van der Waals surface area contributed by atoms with E-state index in [2.05, 4.69) is 25.7 Å². The number of likely N-dealkylation sites (N-methyl/N-ethyl adjacent to an activating group) is 1. The van der Waals surface area contributed by atoms with Crippen LogP contribution in [0.15, 0.2) is 30.3 Å². The van der Waals surface area contributed by atoms with Crippen LogP contribution in [0.4, 0.5) is 0 Å². The molecule has 1 aromatic rings. The van der Waals surface area contributed by atoms with Crippen molar-refractivity contribution in [3.63, 3.8) is 0 Å². The lowest BCUT2D eigenvalue weighted by atomic mass is 9.89. The number of ether oxygens (including phenoxy) is 1. The van der Waals surface area contributed by atoms with Crippen LogP contribution in [0.2, 0.25) is 0 Å². The summed E-state index contributed by atoms with van der Waals surface area (Å²) in [5, 5.41) is 0. The summed E-state index contributed by atoms with van der Waals surface area (Å²) in [6, 6.07) is 9.82. The van der Waals surface area contributed by atoms with Crippen LogP contribution in [0.25, 0.3) is 0 Å². The van der Waals surface area contributed by atoms with Gasteiger partial charge in [0.15, 0.2) is 0 Å². The van der Waals surface area contributed by atoms with Crippen LogP contribution in [0.3, 0.4) is 0 Å². The minimum atomic E-state index is -0.775. The van der Waals surface area contributed by atoms with Gasteiger partial charge in [-0.05, 0) is 20.8 Å². The van der Waals surface area contributed by atoms with E-state index >= 15 is 0 Å². The van der Waals surface area contributed by atoms with Gasteiger partial charge in [-0.3, -0.25) is 4.90 Å². The summed E-state index contributed by atoms with van der Waals surface area (Å²) in [4.78, 5) is 14.7. The highest BCUT2D eigenvalue weighted by Crippen LogP contribution is 2.33. The molecule has 0 fully saturated rings. The van der Waals surface area contributed by atoms with Crippen LogP contribution in [-0.2, 0) is 15.1 Å². The number of nitrogens with zero attached hydrogens (tertiary/aromatic N) is 2. The van der Waals surface area contributed by atoms with E-state index in [0.29, 0.717) is 6.54 Å². The predicted octanol–water partition coefficient (Wildman–Crippen LogP) is 1.84. The van der Waals surface area contributed by atoms with Crippen molar-refractivity contribution < 1.29 is 14.1 Å². The number of hydrogen-bond donors (Lipinski definition) is 0. The van der Waals surface area contributed by atoms with Crippen molar-refractivity contribution in [2.45, 2.75) is 31.8 Å². The average Bonchev–Trinajstić information content (AvgIpc) is 2.78. The van der Waals surface area contributed by atoms with Crippen molar-refractivity contribution in [1.29, 1.82) is 0 Å². The molecule has 0 saturated carbocycles. The van der Waals surface area contributed by atoms with Crippen LogP contribution in [-0.4, -0.2) is 48.0 Å². The number of esters is 1. The Labute approximate surface area is 120 Å². The number of carbonyl (C=O) groups excluding carboxylic acids is 1. The van der Waals surface area contributed by atoms with Crippen LogP contribution in [0.5, 0.6) is 0 Å². The number of benzene rings is 1. The van der Waals surface area contributed by atoms with Crippen LogP contribution in [0, 0.1) is 0 Å². The number of methoxy groups -OCH3 is 1. The molecule has 1 aromatic carbocycles. The highest BCUT2D eigenvalue weighted by molar-refractivity contribution is 5.83. The smallest absolute Gasteiger partial charge is 0.363 e. The van der Waals surface area contributed by atoms with Gasteiger partial charge in [0.25, 0.3) is 5.54 Å². The second-order valence-corrected chi connectivity index (χ2v) is 6.24. The van der Waals surface area contributed by atoms with Gasteiger partial charge in [0, 0.05) is 5.56 Å². The fourth-order valence-corrected chi connectivity index (χ4v) is 2.62. The zero-order valence-electron chi connectivity index (χ0n) is 12.9. The molecule has 0 bridgehead atoms. The summed E-state index contributed by atoms with van der Waals surface area (Å²) in [6.45, 7) is 6.99. The molecular formula is C16H23N2O2+. The van der Waals surface area contributed by atoms with Crippen molar-refractivity contribution >= 4 is 12.3 Å². The van der Waals surface area contributed by atoms with Gasteiger partial charge in [-0.15, -0.1) is 0 Å². The molecule has 108 valence electrons. The van der Waals surface area contributed by atoms with Gasteiger partial charge in [0.1, 0.15) is 6.54 Å². The van der Waals surface area contributed by atoms with Gasteiger partial charge in [-0.25, -0.2) is 9.37 Å². The molecule has 1 heterocycles. The summed E-state index contributed by atoms with van der Waals surface area (Å²) in [6.07, 6.45) is 2.00. The van der Waals surface area contributed by atoms with Gasteiger partial charge >= 0.3 is 5.97 Å². The molecule has 0 radical (unpaired) electrons. The average molecular weight is 275 g/mol. The van der Waals surface area contributed by atoms with Gasteiger partial charge < -0.3 is 4.74 Å². The lowest BCUT2D eigenvalue weighted by molar-refractivity contribution is -0.562. The molecule has 4 nitrogen and oxygen atoms in total. The highest BCUT2D eigenvalue weighted by atomic mass is 16.5. The fourth-order valence-electron chi connectivity index (χ4n) is 2.62. The predicted molar refractivity (Wildman–Crippen MR) is 78.8 cm³/mol. The second kappa shape index (κ2) is 4.93. The third-order valence-corrected chi connectivity index (χ3v) is 3.95. The van der Waals surface area contributed by atoms with Crippen molar-refractivity contribution in [1.82, 2.24) is 4.90 Å². The van der Waals surface area contributed by atoms with Gasteiger partial charge in [0.2, 0.25) is 6.34 Å². The maximum atomic E-state index is 12.5. The maximum absolute atomic E-state index is 12.5. The standard InChI is InChI=1S/C16H23N2O2/c1-15(2,3)18-11-16(14(19)20-5,17(4)12-18)13-9-7-6-8-10-13/h6-10,12H,11H2,1-5H3/q+1. The molecule has 2 rings (SSSR count). The Balaban J connectivity index is 2.52. The zero-order chi connectivity index (χ0) is 15.0. The van der Waals surface area contributed by atoms with Crippen LogP contribution >= 0.6 is 0 Å². The van der Waals surface area contributed by atoms with Crippen molar-refractivity contribution in [3.05, 3.63) is 35.9 Å². The van der Waals surface area contributed by atoms with E-state index in [-0.39, 0.29) is 11.5 Å². The second-order valence-electron chi connectivity index (χ2n) is 6.24. The maximum Gasteiger partial charge on any atom is 0.363 e. The molecule has 0 aliphatic carbocycles. The van der Waals surface area contributed by atoms with E-state index in [1.807, 2.05) is 48.3 Å². The number of hydrogen-bond acceptors (Lipinski definition) is 3. The van der Waals surface area contributed by atoms with E-state index in [1.165, 1.54) is 7.11 Å². The molecule has 1 aliphatic heterocycles. The van der Waals surface area contributed by atoms with E-state index in [9.17, 15) is 4.79 Å². The van der Waals surface area contributed by atoms with Gasteiger partial charge in [0.05, 0.1) is 19.7 Å². The SMILES string of the molecule is COC(=O)C1(c2ccccc2)CN(C(C)(C)C)C=[N+]1C. The van der Waals surface area contributed by atoms with E-state index in [0.717, 1.165) is 5.56 Å². The molecule has 1 aliphatic rings. The van der Waals surface area contributed by atoms with Crippen molar-refractivity contribution in [2.24, 2.45) is 0 Å². The molecule has 0 aromatic heterocycles. The monoisotopic (exact) mass is 275 g/mol. The van der Waals surface area contributed by atoms with Crippen LogP contribution in [0.1, 0.15) is 26.3 Å². The summed E-state index contributed by atoms with van der Waals surface area (Å²) in [5.41, 5.74) is 0.139. The molecule has 1 unspecified atom stereocenters. The minimum Gasteiger partial charge on any atom is -0.465 e. The largest absolute Gasteiger partial charge is 0.465 e. The molecule has 0 N–H and O–H groups in total. The molecule has 0 saturated heterocycles. The van der Waals surface area contributed by atoms with Crippen molar-refractivity contribution in [3.8, 4) is 0 Å². The van der Waals surface area contributed by atoms with E-state index in [1.54, 1.807) is 0 Å². The molecule has 4 heteroatoms. The summed E-state index contributed by atoms with van der Waals surface area (Å²) < 4.78 is 7.05. The Kier molecular flexibility index (Phi) is 3.59. The first-order valence-corrected chi connectivity index (χ1v) is 6.81. The number of rotatable bonds is 2. The highest BCUT2D eigenvalue weighted by Gasteiger charge is 2.56. The molecule has 1 atom stereocenters. The summed E-state index contributed by atoms with van der Waals surface area (Å²) in [5.74, 6) is -0.228. The third kappa shape index (κ3) is 2.19. The molecule has 20 heavy (non-hydrogen) atoms. The Morgan fingerprint density at radius 2 is 1.90 bits per heavy atom. The first kappa shape index (κ1) is 14.6. The third-order valence-electron chi connectivity index (χ3n) is 3.95. The van der Waals surface area contributed by atoms with Crippen molar-refractivity contribution in [2.75, 3.05) is 20.7 Å². The topological polar surface area (TPSA) is 32.5 Å². The Morgan fingerprint density at radius 1 is 1.30 bits per heavy atom. The molecule has 0 amide bonds. The fraction of sp³-hybridized carbons (Fsp3) is 0.500. The normalized spacial score (nSPS) is 22.6. The minimum absolute atomic E-state index is 0.0428. The molecular weight excluding hydrogens is 252 g/mol. The summed E-state index contributed by atoms with van der Waals surface area (Å²) in [7, 11) is 3.37. The Hall–Kier alpha value is -1.84. The van der Waals surface area contributed by atoms with E-state index < -0.39 is 5.54 Å². The Bertz CT molecular complexity index is 531.